The second-order valence-electron chi connectivity index (χ2n) is 5.54. The SMILES string of the molecule is CCCc1cn(CCC)c(-c2ccccc2)c1CCC. The fourth-order valence-electron chi connectivity index (χ4n) is 3.02. The van der Waals surface area contributed by atoms with Crippen LogP contribution in [-0.2, 0) is 19.4 Å². The Kier molecular flexibility index (Phi) is 5.46. The number of aromatic nitrogens is 1. The molecule has 0 aliphatic heterocycles. The fraction of sp³-hybridized carbons (Fsp3) is 0.474. The van der Waals surface area contributed by atoms with Crippen LogP contribution < -0.4 is 0 Å². The lowest BCUT2D eigenvalue weighted by atomic mass is 9.99. The molecule has 0 spiro atoms. The van der Waals surface area contributed by atoms with Crippen molar-refractivity contribution in [2.75, 3.05) is 0 Å². The lowest BCUT2D eigenvalue weighted by Gasteiger charge is -2.11. The van der Waals surface area contributed by atoms with Crippen molar-refractivity contribution < 1.29 is 0 Å². The Balaban J connectivity index is 2.54. The molecule has 0 amide bonds. The summed E-state index contributed by atoms with van der Waals surface area (Å²) in [4.78, 5) is 0. The molecule has 2 rings (SSSR count). The van der Waals surface area contributed by atoms with Gasteiger partial charge in [0.25, 0.3) is 0 Å². The monoisotopic (exact) mass is 269 g/mol. The molecule has 20 heavy (non-hydrogen) atoms. The zero-order chi connectivity index (χ0) is 14.4. The second-order valence-corrected chi connectivity index (χ2v) is 5.54. The summed E-state index contributed by atoms with van der Waals surface area (Å²) in [5.41, 5.74) is 5.96. The Bertz CT molecular complexity index is 522. The van der Waals surface area contributed by atoms with Gasteiger partial charge >= 0.3 is 0 Å². The maximum Gasteiger partial charge on any atom is 0.0515 e. The summed E-state index contributed by atoms with van der Waals surface area (Å²) in [5.74, 6) is 0. The van der Waals surface area contributed by atoms with Crippen LogP contribution in [0.2, 0.25) is 0 Å². The van der Waals surface area contributed by atoms with Crippen LogP contribution in [-0.4, -0.2) is 4.57 Å². The van der Waals surface area contributed by atoms with Gasteiger partial charge in [0.05, 0.1) is 5.69 Å². The van der Waals surface area contributed by atoms with E-state index in [4.69, 9.17) is 0 Å². The van der Waals surface area contributed by atoms with Gasteiger partial charge in [-0.25, -0.2) is 0 Å². The van der Waals surface area contributed by atoms with E-state index < -0.39 is 0 Å². The van der Waals surface area contributed by atoms with Crippen LogP contribution >= 0.6 is 0 Å². The van der Waals surface area contributed by atoms with E-state index in [1.807, 2.05) is 0 Å². The highest BCUT2D eigenvalue weighted by atomic mass is 15.0. The van der Waals surface area contributed by atoms with Crippen LogP contribution in [0.4, 0.5) is 0 Å². The van der Waals surface area contributed by atoms with Crippen molar-refractivity contribution in [2.24, 2.45) is 0 Å². The summed E-state index contributed by atoms with van der Waals surface area (Å²) in [5, 5.41) is 0. The maximum atomic E-state index is 2.48. The predicted molar refractivity (Wildman–Crippen MR) is 88.1 cm³/mol. The van der Waals surface area contributed by atoms with Gasteiger partial charge in [-0.1, -0.05) is 63.9 Å². The third-order valence-corrected chi connectivity index (χ3v) is 3.80. The Morgan fingerprint density at radius 1 is 0.850 bits per heavy atom. The quantitative estimate of drug-likeness (QED) is 0.628. The molecule has 0 aliphatic carbocycles. The van der Waals surface area contributed by atoms with Crippen LogP contribution in [0, 0.1) is 0 Å². The summed E-state index contributed by atoms with van der Waals surface area (Å²) in [6.07, 6.45) is 8.42. The van der Waals surface area contributed by atoms with Crippen LogP contribution in [0.5, 0.6) is 0 Å². The Morgan fingerprint density at radius 2 is 1.55 bits per heavy atom. The minimum absolute atomic E-state index is 1.12. The van der Waals surface area contributed by atoms with Gasteiger partial charge in [0.1, 0.15) is 0 Å². The molecule has 0 saturated carbocycles. The first-order chi connectivity index (χ1) is 9.81. The lowest BCUT2D eigenvalue weighted by molar-refractivity contribution is 0.685. The highest BCUT2D eigenvalue weighted by Crippen LogP contribution is 2.30. The van der Waals surface area contributed by atoms with Crippen molar-refractivity contribution in [3.8, 4) is 11.3 Å². The number of hydrogen-bond acceptors (Lipinski definition) is 0. The molecule has 0 N–H and O–H groups in total. The smallest absolute Gasteiger partial charge is 0.0515 e. The highest BCUT2D eigenvalue weighted by Gasteiger charge is 2.15. The van der Waals surface area contributed by atoms with Gasteiger partial charge < -0.3 is 4.57 Å². The van der Waals surface area contributed by atoms with Gasteiger partial charge in [0.15, 0.2) is 0 Å². The molecular formula is C19H27N. The molecule has 1 heterocycles. The van der Waals surface area contributed by atoms with E-state index >= 15 is 0 Å². The molecule has 1 aromatic heterocycles. The zero-order valence-electron chi connectivity index (χ0n) is 13.2. The van der Waals surface area contributed by atoms with Crippen molar-refractivity contribution in [1.82, 2.24) is 4.57 Å². The van der Waals surface area contributed by atoms with Gasteiger partial charge in [0, 0.05) is 12.7 Å². The summed E-state index contributed by atoms with van der Waals surface area (Å²) < 4.78 is 2.48. The first-order valence-electron chi connectivity index (χ1n) is 8.08. The van der Waals surface area contributed by atoms with Crippen LogP contribution in [0.15, 0.2) is 36.5 Å². The van der Waals surface area contributed by atoms with E-state index in [-0.39, 0.29) is 0 Å². The summed E-state index contributed by atoms with van der Waals surface area (Å²) >= 11 is 0. The van der Waals surface area contributed by atoms with Gasteiger partial charge in [-0.2, -0.15) is 0 Å². The minimum atomic E-state index is 1.12. The number of rotatable bonds is 7. The van der Waals surface area contributed by atoms with E-state index in [0.717, 1.165) is 6.54 Å². The molecule has 1 aromatic carbocycles. The molecule has 108 valence electrons. The lowest BCUT2D eigenvalue weighted by Crippen LogP contribution is -1.99. The average Bonchev–Trinajstić information content (AvgIpc) is 2.79. The Morgan fingerprint density at radius 3 is 2.15 bits per heavy atom. The Labute approximate surface area is 123 Å². The van der Waals surface area contributed by atoms with E-state index in [1.165, 1.54) is 43.4 Å². The van der Waals surface area contributed by atoms with Crippen molar-refractivity contribution in [3.63, 3.8) is 0 Å². The summed E-state index contributed by atoms with van der Waals surface area (Å²) in [6, 6.07) is 10.9. The first kappa shape index (κ1) is 14.9. The van der Waals surface area contributed by atoms with Crippen LogP contribution in [0.3, 0.4) is 0 Å². The van der Waals surface area contributed by atoms with E-state index in [1.54, 1.807) is 11.1 Å². The standard InChI is InChI=1S/C19H27N/c1-4-10-17-15-20(14-6-3)19(18(17)11-5-2)16-12-8-7-9-13-16/h7-9,12-13,15H,4-6,10-11,14H2,1-3H3. The molecule has 1 nitrogen and oxygen atoms in total. The van der Waals surface area contributed by atoms with Crippen molar-refractivity contribution in [3.05, 3.63) is 47.7 Å². The van der Waals surface area contributed by atoms with Crippen LogP contribution in [0.25, 0.3) is 11.3 Å². The molecular weight excluding hydrogens is 242 g/mol. The predicted octanol–water partition coefficient (Wildman–Crippen LogP) is 5.47. The first-order valence-corrected chi connectivity index (χ1v) is 8.08. The fourth-order valence-corrected chi connectivity index (χ4v) is 3.02. The normalized spacial score (nSPS) is 10.9. The maximum absolute atomic E-state index is 2.48. The number of aryl methyl sites for hydroxylation is 2. The van der Waals surface area contributed by atoms with Crippen molar-refractivity contribution >= 4 is 0 Å². The van der Waals surface area contributed by atoms with Gasteiger partial charge in [-0.15, -0.1) is 0 Å². The Hall–Kier alpha value is -1.50. The molecule has 0 fully saturated rings. The topological polar surface area (TPSA) is 4.93 Å². The molecule has 0 atom stereocenters. The van der Waals surface area contributed by atoms with Crippen LogP contribution in [0.1, 0.15) is 51.2 Å². The van der Waals surface area contributed by atoms with E-state index in [2.05, 4.69) is 61.9 Å². The molecule has 0 unspecified atom stereocenters. The number of nitrogens with zero attached hydrogens (tertiary/aromatic N) is 1. The third kappa shape index (κ3) is 3.15. The van der Waals surface area contributed by atoms with E-state index in [9.17, 15) is 0 Å². The largest absolute Gasteiger partial charge is 0.347 e. The van der Waals surface area contributed by atoms with E-state index in [0.29, 0.717) is 0 Å². The number of benzene rings is 1. The summed E-state index contributed by atoms with van der Waals surface area (Å²) in [7, 11) is 0. The second kappa shape index (κ2) is 7.33. The minimum Gasteiger partial charge on any atom is -0.347 e. The third-order valence-electron chi connectivity index (χ3n) is 3.80. The zero-order valence-corrected chi connectivity index (χ0v) is 13.2. The molecule has 1 heteroatoms. The van der Waals surface area contributed by atoms with Gasteiger partial charge in [-0.3, -0.25) is 0 Å². The van der Waals surface area contributed by atoms with Crippen molar-refractivity contribution in [2.45, 2.75) is 59.4 Å². The molecule has 2 aromatic rings. The molecule has 0 radical (unpaired) electrons. The molecule has 0 saturated heterocycles. The highest BCUT2D eigenvalue weighted by molar-refractivity contribution is 5.66. The number of hydrogen-bond donors (Lipinski definition) is 0. The van der Waals surface area contributed by atoms with Gasteiger partial charge in [-0.05, 0) is 36.0 Å². The average molecular weight is 269 g/mol. The molecule has 0 aliphatic rings. The van der Waals surface area contributed by atoms with Gasteiger partial charge in [0.2, 0.25) is 0 Å². The molecule has 0 bridgehead atoms. The van der Waals surface area contributed by atoms with Crippen molar-refractivity contribution in [1.29, 1.82) is 0 Å². The summed E-state index contributed by atoms with van der Waals surface area (Å²) in [6.45, 7) is 7.93.